The summed E-state index contributed by atoms with van der Waals surface area (Å²) in [4.78, 5) is 6.44. The van der Waals surface area contributed by atoms with Gasteiger partial charge in [0.1, 0.15) is 0 Å². The van der Waals surface area contributed by atoms with Crippen LogP contribution in [0.25, 0.3) is 0 Å². The van der Waals surface area contributed by atoms with Crippen LogP contribution in [0.15, 0.2) is 22.6 Å². The van der Waals surface area contributed by atoms with Crippen LogP contribution in [0.4, 0.5) is 29.5 Å². The second-order valence-electron chi connectivity index (χ2n) is 9.25. The number of rotatable bonds is 6. The van der Waals surface area contributed by atoms with Crippen molar-refractivity contribution in [1.82, 2.24) is 25.0 Å². The summed E-state index contributed by atoms with van der Waals surface area (Å²) in [6, 6.07) is 3.18. The van der Waals surface area contributed by atoms with Gasteiger partial charge in [0, 0.05) is 26.1 Å². The standard InChI is InChI=1S/C22H25F4N7O2/c1-11(2)33-20(35-16-6-4-5-15(17(16)23)22(24,25)26)28-19(31-33)27-18-13-7-8-14(18)10-32(9-13)21-30-29-12(3)34-21/h4-6,11,13-14,18H,7-10H2,1-3H3,(H,27,31)/t13-,14+,18-. The average Bonchev–Trinajstić information content (AvgIpc) is 3.45. The zero-order valence-corrected chi connectivity index (χ0v) is 19.4. The fourth-order valence-electron chi connectivity index (χ4n) is 4.86. The Bertz CT molecular complexity index is 1190. The maximum atomic E-state index is 14.5. The van der Waals surface area contributed by atoms with Crippen molar-refractivity contribution < 1.29 is 26.7 Å². The van der Waals surface area contributed by atoms with Crippen LogP contribution < -0.4 is 15.0 Å². The molecular formula is C22H25F4N7O2. The molecule has 1 aliphatic heterocycles. The molecule has 0 unspecified atom stereocenters. The van der Waals surface area contributed by atoms with Crippen molar-refractivity contribution in [2.45, 2.75) is 51.9 Å². The smallest absolute Gasteiger partial charge is 0.419 e. The quantitative estimate of drug-likeness (QED) is 0.486. The van der Waals surface area contributed by atoms with Crippen LogP contribution in [0.2, 0.25) is 0 Å². The predicted octanol–water partition coefficient (Wildman–Crippen LogP) is 4.83. The summed E-state index contributed by atoms with van der Waals surface area (Å²) >= 11 is 0. The molecule has 9 nitrogen and oxygen atoms in total. The molecule has 1 N–H and O–H groups in total. The zero-order valence-electron chi connectivity index (χ0n) is 19.4. The second-order valence-corrected chi connectivity index (χ2v) is 9.25. The van der Waals surface area contributed by atoms with Gasteiger partial charge in [0.05, 0.1) is 11.6 Å². The molecule has 5 rings (SSSR count). The van der Waals surface area contributed by atoms with E-state index in [0.717, 1.165) is 38.1 Å². The highest BCUT2D eigenvalue weighted by atomic mass is 19.4. The minimum Gasteiger partial charge on any atom is -0.421 e. The first kappa shape index (κ1) is 23.4. The molecule has 188 valence electrons. The molecule has 13 heteroatoms. The van der Waals surface area contributed by atoms with E-state index in [2.05, 4.69) is 30.5 Å². The number of hydrogen-bond acceptors (Lipinski definition) is 8. The number of piperidine rings is 1. The summed E-state index contributed by atoms with van der Waals surface area (Å²) in [6.45, 7) is 6.87. The van der Waals surface area contributed by atoms with Gasteiger partial charge in [-0.1, -0.05) is 11.2 Å². The number of hydrogen-bond donors (Lipinski definition) is 1. The van der Waals surface area contributed by atoms with E-state index in [1.165, 1.54) is 4.68 Å². The van der Waals surface area contributed by atoms with Crippen LogP contribution in [0.5, 0.6) is 11.8 Å². The summed E-state index contributed by atoms with van der Waals surface area (Å²) in [5.41, 5.74) is -1.40. The molecule has 1 saturated heterocycles. The van der Waals surface area contributed by atoms with E-state index in [-0.39, 0.29) is 35.9 Å². The van der Waals surface area contributed by atoms with Crippen molar-refractivity contribution in [3.8, 4) is 11.8 Å². The van der Waals surface area contributed by atoms with Gasteiger partial charge < -0.3 is 19.4 Å². The van der Waals surface area contributed by atoms with Gasteiger partial charge >= 0.3 is 18.2 Å². The topological polar surface area (TPSA) is 94.1 Å². The third kappa shape index (κ3) is 4.50. The van der Waals surface area contributed by atoms with Gasteiger partial charge in [0.25, 0.3) is 0 Å². The number of aromatic nitrogens is 5. The molecule has 2 fully saturated rings. The Kier molecular flexibility index (Phi) is 5.80. The van der Waals surface area contributed by atoms with E-state index in [0.29, 0.717) is 18.0 Å². The van der Waals surface area contributed by atoms with E-state index in [9.17, 15) is 17.6 Å². The lowest BCUT2D eigenvalue weighted by Crippen LogP contribution is -2.48. The molecular weight excluding hydrogens is 470 g/mol. The number of alkyl halides is 3. The normalized spacial score (nSPS) is 22.2. The molecule has 2 aromatic heterocycles. The monoisotopic (exact) mass is 495 g/mol. The van der Waals surface area contributed by atoms with Gasteiger partial charge in [-0.25, -0.2) is 9.07 Å². The largest absolute Gasteiger partial charge is 0.421 e. The molecule has 2 aliphatic rings. The minimum atomic E-state index is -4.84. The van der Waals surface area contributed by atoms with Gasteiger partial charge in [0.15, 0.2) is 11.6 Å². The molecule has 3 aromatic rings. The number of ether oxygens (including phenoxy) is 1. The maximum Gasteiger partial charge on any atom is 0.419 e. The van der Waals surface area contributed by atoms with Crippen LogP contribution in [0, 0.1) is 24.6 Å². The lowest BCUT2D eigenvalue weighted by molar-refractivity contribution is -0.140. The molecule has 3 atom stereocenters. The lowest BCUT2D eigenvalue weighted by Gasteiger charge is -2.37. The highest BCUT2D eigenvalue weighted by Crippen LogP contribution is 2.40. The van der Waals surface area contributed by atoms with Crippen molar-refractivity contribution in [3.63, 3.8) is 0 Å². The van der Waals surface area contributed by atoms with Crippen LogP contribution in [0.1, 0.15) is 44.2 Å². The molecule has 1 aromatic carbocycles. The van der Waals surface area contributed by atoms with Gasteiger partial charge in [-0.05, 0) is 50.7 Å². The first-order valence-electron chi connectivity index (χ1n) is 11.4. The molecule has 0 amide bonds. The third-order valence-electron chi connectivity index (χ3n) is 6.47. The Balaban J connectivity index is 1.35. The molecule has 1 aliphatic carbocycles. The first-order chi connectivity index (χ1) is 16.6. The van der Waals surface area contributed by atoms with Gasteiger partial charge in [-0.15, -0.1) is 10.2 Å². The van der Waals surface area contributed by atoms with Crippen LogP contribution >= 0.6 is 0 Å². The zero-order chi connectivity index (χ0) is 24.9. The molecule has 3 heterocycles. The molecule has 0 radical (unpaired) electrons. The van der Waals surface area contributed by atoms with E-state index in [1.54, 1.807) is 6.92 Å². The summed E-state index contributed by atoms with van der Waals surface area (Å²) in [5.74, 6) is -0.682. The Hall–Kier alpha value is -3.38. The summed E-state index contributed by atoms with van der Waals surface area (Å²) < 4.78 is 66.3. The van der Waals surface area contributed by atoms with Crippen LogP contribution in [-0.2, 0) is 6.18 Å². The van der Waals surface area contributed by atoms with Gasteiger partial charge in [-0.3, -0.25) is 0 Å². The first-order valence-corrected chi connectivity index (χ1v) is 11.4. The Labute approximate surface area is 198 Å². The number of fused-ring (bicyclic) bond motifs is 2. The maximum absolute atomic E-state index is 14.5. The molecule has 35 heavy (non-hydrogen) atoms. The van der Waals surface area contributed by atoms with E-state index >= 15 is 0 Å². The van der Waals surface area contributed by atoms with Gasteiger partial charge in [0.2, 0.25) is 11.8 Å². The molecule has 0 spiro atoms. The van der Waals surface area contributed by atoms with Crippen molar-refractivity contribution in [1.29, 1.82) is 0 Å². The molecule has 2 bridgehead atoms. The van der Waals surface area contributed by atoms with Crippen molar-refractivity contribution in [2.75, 3.05) is 23.3 Å². The summed E-state index contributed by atoms with van der Waals surface area (Å²) in [5, 5.41) is 15.9. The number of anilines is 2. The Morgan fingerprint density at radius 1 is 1.14 bits per heavy atom. The Morgan fingerprint density at radius 2 is 1.86 bits per heavy atom. The third-order valence-corrected chi connectivity index (χ3v) is 6.47. The van der Waals surface area contributed by atoms with E-state index in [4.69, 9.17) is 9.15 Å². The van der Waals surface area contributed by atoms with Gasteiger partial charge in [-0.2, -0.15) is 18.2 Å². The molecule has 1 saturated carbocycles. The number of nitrogens with one attached hydrogen (secondary N) is 1. The Morgan fingerprint density at radius 3 is 2.46 bits per heavy atom. The number of aryl methyl sites for hydroxylation is 1. The van der Waals surface area contributed by atoms with Crippen molar-refractivity contribution in [3.05, 3.63) is 35.5 Å². The second kappa shape index (κ2) is 8.68. The number of benzene rings is 1. The fraction of sp³-hybridized carbons (Fsp3) is 0.545. The lowest BCUT2D eigenvalue weighted by atomic mass is 9.92. The summed E-state index contributed by atoms with van der Waals surface area (Å²) in [7, 11) is 0. The average molecular weight is 495 g/mol. The van der Waals surface area contributed by atoms with Crippen LogP contribution in [-0.4, -0.2) is 44.1 Å². The van der Waals surface area contributed by atoms with Crippen molar-refractivity contribution >= 4 is 12.0 Å². The number of nitrogens with zero attached hydrogens (tertiary/aromatic N) is 6. The fourth-order valence-corrected chi connectivity index (χ4v) is 4.86. The number of halogens is 4. The van der Waals surface area contributed by atoms with Crippen molar-refractivity contribution in [2.24, 2.45) is 11.8 Å². The predicted molar refractivity (Wildman–Crippen MR) is 117 cm³/mol. The SMILES string of the molecule is Cc1nnc(N2C[C@H]3CC[C@@H](C2)[C@@H]3Nc2nc(Oc3cccc(C(F)(F)F)c3F)n(C(C)C)n2)o1. The minimum absolute atomic E-state index is 0.0909. The summed E-state index contributed by atoms with van der Waals surface area (Å²) in [6.07, 6.45) is -2.82. The highest BCUT2D eigenvalue weighted by molar-refractivity contribution is 5.37. The van der Waals surface area contributed by atoms with E-state index < -0.39 is 23.3 Å². The van der Waals surface area contributed by atoms with Crippen LogP contribution in [0.3, 0.4) is 0 Å². The van der Waals surface area contributed by atoms with E-state index in [1.807, 2.05) is 13.8 Å². The highest BCUT2D eigenvalue weighted by Gasteiger charge is 2.44.